The lowest BCUT2D eigenvalue weighted by Gasteiger charge is -2.02. The van der Waals surface area contributed by atoms with Crippen LogP contribution >= 0.6 is 0 Å². The van der Waals surface area contributed by atoms with Crippen LogP contribution in [0, 0.1) is 11.3 Å². The molecule has 1 heterocycles. The Morgan fingerprint density at radius 2 is 2.50 bits per heavy atom. The summed E-state index contributed by atoms with van der Waals surface area (Å²) in [6.45, 7) is 0. The van der Waals surface area contributed by atoms with Crippen LogP contribution in [0.15, 0.2) is 18.3 Å². The molecule has 0 aromatic carbocycles. The molecule has 0 aliphatic carbocycles. The largest absolute Gasteiger partial charge is 0.480 e. The molecular weight excluding hydrogens is 178 g/mol. The summed E-state index contributed by atoms with van der Waals surface area (Å²) < 4.78 is 4.91. The predicted octanol–water partition coefficient (Wildman–Crippen LogP) is 1.60. The third-order valence-corrected chi connectivity index (χ3v) is 1.61. The zero-order valence-electron chi connectivity index (χ0n) is 7.90. The Morgan fingerprint density at radius 3 is 3.07 bits per heavy atom. The number of nitrogen functional groups attached to an aromatic ring is 1. The van der Waals surface area contributed by atoms with Gasteiger partial charge in [0.15, 0.2) is 0 Å². The fourth-order valence-corrected chi connectivity index (χ4v) is 0.996. The number of rotatable bonds is 3. The smallest absolute Gasteiger partial charge is 0.236 e. The van der Waals surface area contributed by atoms with E-state index >= 15 is 0 Å². The first kappa shape index (κ1) is 10.1. The molecule has 0 saturated carbocycles. The van der Waals surface area contributed by atoms with Crippen LogP contribution in [0.4, 0.5) is 5.69 Å². The Morgan fingerprint density at radius 1 is 1.71 bits per heavy atom. The van der Waals surface area contributed by atoms with Gasteiger partial charge in [0.1, 0.15) is 0 Å². The normalized spacial score (nSPS) is 10.0. The Labute approximate surface area is 82.6 Å². The maximum absolute atomic E-state index is 8.32. The standard InChI is InChI=1S/C10H11N3O/c1-14-10-9(12)6-8(7-13-10)4-2-3-5-11/h2,4,6-7H,3,12H2,1H3. The molecule has 0 fully saturated rings. The Balaban J connectivity index is 2.82. The van der Waals surface area contributed by atoms with Gasteiger partial charge in [0.05, 0.1) is 25.3 Å². The molecule has 0 unspecified atom stereocenters. The Bertz CT molecular complexity index is 379. The lowest BCUT2D eigenvalue weighted by molar-refractivity contribution is 0.400. The minimum atomic E-state index is 0.381. The monoisotopic (exact) mass is 189 g/mol. The van der Waals surface area contributed by atoms with Gasteiger partial charge in [-0.2, -0.15) is 5.26 Å². The number of hydrogen-bond donors (Lipinski definition) is 1. The summed E-state index contributed by atoms with van der Waals surface area (Å²) in [4.78, 5) is 3.99. The first-order chi connectivity index (χ1) is 6.77. The average Bonchev–Trinajstić information content (AvgIpc) is 2.18. The van der Waals surface area contributed by atoms with Crippen molar-refractivity contribution in [2.24, 2.45) is 0 Å². The summed E-state index contributed by atoms with van der Waals surface area (Å²) in [5.74, 6) is 0.419. The van der Waals surface area contributed by atoms with Crippen LogP contribution in [0.1, 0.15) is 12.0 Å². The van der Waals surface area contributed by atoms with Gasteiger partial charge in [0, 0.05) is 6.20 Å². The Hall–Kier alpha value is -2.02. The van der Waals surface area contributed by atoms with Crippen LogP contribution in [0.3, 0.4) is 0 Å². The maximum atomic E-state index is 8.32. The highest BCUT2D eigenvalue weighted by molar-refractivity contribution is 5.58. The van der Waals surface area contributed by atoms with Gasteiger partial charge in [0.2, 0.25) is 5.88 Å². The molecule has 0 saturated heterocycles. The van der Waals surface area contributed by atoms with E-state index in [0.29, 0.717) is 18.0 Å². The molecule has 1 aromatic heterocycles. The molecule has 0 radical (unpaired) electrons. The van der Waals surface area contributed by atoms with Crippen LogP contribution in [-0.2, 0) is 0 Å². The zero-order valence-corrected chi connectivity index (χ0v) is 7.90. The van der Waals surface area contributed by atoms with Crippen molar-refractivity contribution in [1.29, 1.82) is 5.26 Å². The summed E-state index contributed by atoms with van der Waals surface area (Å²) in [5, 5.41) is 8.32. The zero-order chi connectivity index (χ0) is 10.4. The van der Waals surface area contributed by atoms with E-state index in [-0.39, 0.29) is 0 Å². The van der Waals surface area contributed by atoms with E-state index in [1.165, 1.54) is 7.11 Å². The predicted molar refractivity (Wildman–Crippen MR) is 54.5 cm³/mol. The molecule has 0 amide bonds. The van der Waals surface area contributed by atoms with Gasteiger partial charge in [0.25, 0.3) is 0 Å². The van der Waals surface area contributed by atoms with Crippen LogP contribution in [-0.4, -0.2) is 12.1 Å². The lowest BCUT2D eigenvalue weighted by atomic mass is 10.2. The summed E-state index contributed by atoms with van der Waals surface area (Å²) in [6, 6.07) is 3.76. The average molecular weight is 189 g/mol. The third kappa shape index (κ3) is 2.49. The lowest BCUT2D eigenvalue weighted by Crippen LogP contribution is -1.95. The molecule has 0 bridgehead atoms. The highest BCUT2D eigenvalue weighted by Crippen LogP contribution is 2.18. The highest BCUT2D eigenvalue weighted by atomic mass is 16.5. The minimum absolute atomic E-state index is 0.381. The van der Waals surface area contributed by atoms with Gasteiger partial charge in [-0.1, -0.05) is 12.2 Å². The van der Waals surface area contributed by atoms with Crippen LogP contribution in [0.5, 0.6) is 5.88 Å². The molecule has 0 aliphatic rings. The van der Waals surface area contributed by atoms with E-state index in [1.54, 1.807) is 24.4 Å². The van der Waals surface area contributed by atoms with Gasteiger partial charge >= 0.3 is 0 Å². The fourth-order valence-electron chi connectivity index (χ4n) is 0.996. The number of aromatic nitrogens is 1. The van der Waals surface area contributed by atoms with Crippen molar-refractivity contribution >= 4 is 11.8 Å². The van der Waals surface area contributed by atoms with E-state index in [0.717, 1.165) is 5.56 Å². The molecule has 2 N–H and O–H groups in total. The highest BCUT2D eigenvalue weighted by Gasteiger charge is 1.99. The van der Waals surface area contributed by atoms with Crippen molar-refractivity contribution in [3.05, 3.63) is 23.9 Å². The molecule has 0 spiro atoms. The van der Waals surface area contributed by atoms with Crippen molar-refractivity contribution in [2.45, 2.75) is 6.42 Å². The second-order valence-electron chi connectivity index (χ2n) is 2.63. The van der Waals surface area contributed by atoms with Crippen LogP contribution in [0.25, 0.3) is 6.08 Å². The molecule has 72 valence electrons. The molecule has 14 heavy (non-hydrogen) atoms. The van der Waals surface area contributed by atoms with Gasteiger partial charge in [-0.3, -0.25) is 0 Å². The number of allylic oxidation sites excluding steroid dienone is 1. The molecule has 1 rings (SSSR count). The summed E-state index contributed by atoms with van der Waals surface area (Å²) in [7, 11) is 1.52. The van der Waals surface area contributed by atoms with Crippen molar-refractivity contribution in [2.75, 3.05) is 12.8 Å². The number of ether oxygens (including phenoxy) is 1. The SMILES string of the molecule is COc1ncc(C=CCC#N)cc1N. The van der Waals surface area contributed by atoms with Crippen molar-refractivity contribution < 1.29 is 4.74 Å². The van der Waals surface area contributed by atoms with Crippen molar-refractivity contribution in [3.8, 4) is 11.9 Å². The number of nitrogens with zero attached hydrogens (tertiary/aromatic N) is 2. The number of hydrogen-bond acceptors (Lipinski definition) is 4. The van der Waals surface area contributed by atoms with Crippen LogP contribution in [0.2, 0.25) is 0 Å². The number of nitrogens with two attached hydrogens (primary N) is 1. The molecule has 1 aromatic rings. The first-order valence-corrected chi connectivity index (χ1v) is 4.11. The number of pyridine rings is 1. The minimum Gasteiger partial charge on any atom is -0.480 e. The van der Waals surface area contributed by atoms with E-state index in [2.05, 4.69) is 4.98 Å². The third-order valence-electron chi connectivity index (χ3n) is 1.61. The molecule has 0 atom stereocenters. The molecule has 4 heteroatoms. The molecular formula is C10H11N3O. The van der Waals surface area contributed by atoms with Crippen LogP contribution < -0.4 is 10.5 Å². The molecule has 4 nitrogen and oxygen atoms in total. The van der Waals surface area contributed by atoms with E-state index in [4.69, 9.17) is 15.7 Å². The Kier molecular flexibility index (Phi) is 3.50. The van der Waals surface area contributed by atoms with Gasteiger partial charge in [-0.05, 0) is 11.6 Å². The second kappa shape index (κ2) is 4.87. The van der Waals surface area contributed by atoms with E-state index in [9.17, 15) is 0 Å². The number of anilines is 1. The van der Waals surface area contributed by atoms with Crippen molar-refractivity contribution in [1.82, 2.24) is 4.98 Å². The fraction of sp³-hybridized carbons (Fsp3) is 0.200. The van der Waals surface area contributed by atoms with Gasteiger partial charge < -0.3 is 10.5 Å². The van der Waals surface area contributed by atoms with Crippen molar-refractivity contribution in [3.63, 3.8) is 0 Å². The van der Waals surface area contributed by atoms with Gasteiger partial charge in [-0.25, -0.2) is 4.98 Å². The summed E-state index contributed by atoms with van der Waals surface area (Å²) in [5.41, 5.74) is 7.00. The number of nitriles is 1. The molecule has 0 aliphatic heterocycles. The van der Waals surface area contributed by atoms with Gasteiger partial charge in [-0.15, -0.1) is 0 Å². The first-order valence-electron chi connectivity index (χ1n) is 4.11. The summed E-state index contributed by atoms with van der Waals surface area (Å²) >= 11 is 0. The number of methoxy groups -OCH3 is 1. The maximum Gasteiger partial charge on any atom is 0.236 e. The topological polar surface area (TPSA) is 71.9 Å². The quantitative estimate of drug-likeness (QED) is 0.783. The summed E-state index contributed by atoms with van der Waals surface area (Å²) in [6.07, 6.45) is 5.57. The van der Waals surface area contributed by atoms with E-state index < -0.39 is 0 Å². The second-order valence-corrected chi connectivity index (χ2v) is 2.63. The van der Waals surface area contributed by atoms with E-state index in [1.807, 2.05) is 6.07 Å².